The van der Waals surface area contributed by atoms with E-state index in [0.29, 0.717) is 51.4 Å². The Morgan fingerprint density at radius 3 is 1.56 bits per heavy atom. The minimum absolute atomic E-state index is 0.0417. The highest BCUT2D eigenvalue weighted by Gasteiger charge is 2.57. The molecular weight excluding hydrogens is 724 g/mol. The van der Waals surface area contributed by atoms with E-state index in [9.17, 15) is 53.5 Å². The van der Waals surface area contributed by atoms with Crippen molar-refractivity contribution >= 4 is 12.1 Å². The van der Waals surface area contributed by atoms with Crippen molar-refractivity contribution in [1.82, 2.24) is 4.90 Å². The molecule has 0 N–H and O–H groups in total. The van der Waals surface area contributed by atoms with Gasteiger partial charge >= 0.3 is 36.3 Å². The average Bonchev–Trinajstić information content (AvgIpc) is 3.05. The van der Waals surface area contributed by atoms with Gasteiger partial charge in [-0.3, -0.25) is 4.79 Å². The lowest BCUT2D eigenvalue weighted by atomic mass is 10.1. The summed E-state index contributed by atoms with van der Waals surface area (Å²) >= 11 is 0. The molecule has 0 aliphatic rings. The third-order valence-electron chi connectivity index (χ3n) is 7.93. The van der Waals surface area contributed by atoms with Crippen LogP contribution in [0.1, 0.15) is 110 Å². The van der Waals surface area contributed by atoms with Gasteiger partial charge in [0.15, 0.2) is 6.29 Å². The van der Waals surface area contributed by atoms with Gasteiger partial charge in [0.25, 0.3) is 0 Å². The highest BCUT2D eigenvalue weighted by molar-refractivity contribution is 5.69. The number of esters is 1. The predicted molar refractivity (Wildman–Crippen MR) is 172 cm³/mol. The van der Waals surface area contributed by atoms with Crippen LogP contribution in [0.4, 0.5) is 48.7 Å². The molecule has 1 unspecified atom stereocenters. The molecule has 0 saturated carbocycles. The van der Waals surface area contributed by atoms with E-state index in [1.54, 1.807) is 0 Å². The van der Waals surface area contributed by atoms with Gasteiger partial charge in [0.2, 0.25) is 0 Å². The fraction of sp³-hybridized carbons (Fsp3) is 0.912. The SMILES string of the molecule is [CH2]C(COC(=O)CCCCC(OCCCCCCC(F)(F)C(F)(F)F)OCCCCCCC(F)(F)C(F)(F)F)COC(=O)OCCCN(CC)CC. The minimum atomic E-state index is -5.60. The maximum Gasteiger partial charge on any atom is 0.508 e. The second kappa shape index (κ2) is 26.7. The first-order chi connectivity index (χ1) is 24.3. The molecule has 0 aromatic heterocycles. The summed E-state index contributed by atoms with van der Waals surface area (Å²) in [7, 11) is 0. The summed E-state index contributed by atoms with van der Waals surface area (Å²) in [6.07, 6.45) is -12.7. The Labute approximate surface area is 300 Å². The number of nitrogens with zero attached hydrogens (tertiary/aromatic N) is 1. The van der Waals surface area contributed by atoms with E-state index >= 15 is 0 Å². The van der Waals surface area contributed by atoms with Gasteiger partial charge in [-0.25, -0.2) is 4.79 Å². The van der Waals surface area contributed by atoms with Crippen molar-refractivity contribution in [1.29, 1.82) is 0 Å². The van der Waals surface area contributed by atoms with Crippen LogP contribution >= 0.6 is 0 Å². The highest BCUT2D eigenvalue weighted by Crippen LogP contribution is 2.40. The van der Waals surface area contributed by atoms with Crippen molar-refractivity contribution in [3.8, 4) is 0 Å². The first-order valence-electron chi connectivity index (χ1n) is 17.9. The van der Waals surface area contributed by atoms with Gasteiger partial charge in [0.1, 0.15) is 6.61 Å². The van der Waals surface area contributed by atoms with Crippen LogP contribution in [0.5, 0.6) is 0 Å². The Morgan fingerprint density at radius 2 is 1.08 bits per heavy atom. The van der Waals surface area contributed by atoms with Crippen LogP contribution in [0, 0.1) is 12.8 Å². The summed E-state index contributed by atoms with van der Waals surface area (Å²) in [4.78, 5) is 26.1. The number of hydrogen-bond acceptors (Lipinski definition) is 8. The molecule has 0 fully saturated rings. The van der Waals surface area contributed by atoms with Gasteiger partial charge in [0.05, 0.1) is 13.2 Å². The van der Waals surface area contributed by atoms with E-state index in [0.717, 1.165) is 19.6 Å². The highest BCUT2D eigenvalue weighted by atomic mass is 19.4. The molecule has 0 heterocycles. The fourth-order valence-corrected chi connectivity index (χ4v) is 4.66. The van der Waals surface area contributed by atoms with Crippen LogP contribution in [-0.4, -0.2) is 100 Å². The topological polar surface area (TPSA) is 83.5 Å². The number of ether oxygens (including phenoxy) is 5. The number of hydrogen-bond donors (Lipinski definition) is 0. The Bertz CT molecular complexity index is 895. The summed E-state index contributed by atoms with van der Waals surface area (Å²) in [5.74, 6) is -10.5. The molecule has 0 bridgehead atoms. The van der Waals surface area contributed by atoms with E-state index in [1.807, 2.05) is 13.8 Å². The lowest BCUT2D eigenvalue weighted by Gasteiger charge is -2.20. The molecule has 0 aromatic carbocycles. The molecule has 0 spiro atoms. The van der Waals surface area contributed by atoms with E-state index in [-0.39, 0.29) is 65.1 Å². The average molecular weight is 781 g/mol. The van der Waals surface area contributed by atoms with Crippen molar-refractivity contribution in [2.24, 2.45) is 5.92 Å². The maximum absolute atomic E-state index is 13.0. The van der Waals surface area contributed by atoms with Gasteiger partial charge in [-0.2, -0.15) is 43.9 Å². The number of carbonyl (C=O) groups is 2. The third kappa shape index (κ3) is 24.3. The fourth-order valence-electron chi connectivity index (χ4n) is 4.66. The number of carbonyl (C=O) groups excluding carboxylic acids is 2. The zero-order valence-electron chi connectivity index (χ0n) is 30.2. The van der Waals surface area contributed by atoms with Crippen molar-refractivity contribution in [2.45, 2.75) is 141 Å². The second-order valence-electron chi connectivity index (χ2n) is 12.5. The zero-order chi connectivity index (χ0) is 39.7. The summed E-state index contributed by atoms with van der Waals surface area (Å²) in [5, 5.41) is 0. The molecule has 309 valence electrons. The third-order valence-corrected chi connectivity index (χ3v) is 7.93. The Hall–Kier alpha value is -2.08. The molecule has 0 amide bonds. The van der Waals surface area contributed by atoms with Crippen LogP contribution in [0.25, 0.3) is 0 Å². The summed E-state index contributed by atoms with van der Waals surface area (Å²) in [6.45, 7) is 10.6. The lowest BCUT2D eigenvalue weighted by Crippen LogP contribution is -2.36. The van der Waals surface area contributed by atoms with Crippen LogP contribution in [0.15, 0.2) is 0 Å². The molecule has 52 heavy (non-hydrogen) atoms. The molecule has 1 radical (unpaired) electrons. The molecule has 18 heteroatoms. The molecule has 0 rings (SSSR count). The first-order valence-corrected chi connectivity index (χ1v) is 17.9. The number of halogens is 10. The zero-order valence-corrected chi connectivity index (χ0v) is 30.2. The maximum atomic E-state index is 13.0. The smallest absolute Gasteiger partial charge is 0.465 e. The molecular formula is C34H56F10NO7. The lowest BCUT2D eigenvalue weighted by molar-refractivity contribution is -0.284. The molecule has 0 saturated heterocycles. The molecule has 0 aliphatic heterocycles. The quantitative estimate of drug-likeness (QED) is 0.0298. The van der Waals surface area contributed by atoms with Crippen LogP contribution in [0.2, 0.25) is 0 Å². The van der Waals surface area contributed by atoms with Crippen LogP contribution in [0.3, 0.4) is 0 Å². The number of rotatable bonds is 31. The molecule has 1 atom stereocenters. The summed E-state index contributed by atoms with van der Waals surface area (Å²) < 4.78 is 152. The first kappa shape index (κ1) is 49.9. The van der Waals surface area contributed by atoms with Gasteiger partial charge in [-0.15, -0.1) is 0 Å². The van der Waals surface area contributed by atoms with Gasteiger partial charge in [-0.1, -0.05) is 39.5 Å². The van der Waals surface area contributed by atoms with Crippen molar-refractivity contribution in [2.75, 3.05) is 52.7 Å². The van der Waals surface area contributed by atoms with Crippen LogP contribution < -0.4 is 0 Å². The minimum Gasteiger partial charge on any atom is -0.465 e. The van der Waals surface area contributed by atoms with Gasteiger partial charge < -0.3 is 28.6 Å². The Kier molecular flexibility index (Phi) is 25.6. The predicted octanol–water partition coefficient (Wildman–Crippen LogP) is 10.1. The standard InChI is InChI=1S/C34H56F10NO7/c1-4-45(5-2)21-16-24-50-30(47)52-26-27(3)25-51-28(46)17-10-11-18-29(48-22-14-8-6-12-19-31(35,36)33(39,40)41)49-23-15-9-7-13-20-32(37,38)34(42,43)44/h27,29H,3-26H2,1-2H3. The van der Waals surface area contributed by atoms with Crippen LogP contribution in [-0.2, 0) is 28.5 Å². The van der Waals surface area contributed by atoms with E-state index in [4.69, 9.17) is 23.7 Å². The number of alkyl halides is 10. The normalized spacial score (nSPS) is 13.5. The van der Waals surface area contributed by atoms with Crippen molar-refractivity contribution in [3.63, 3.8) is 0 Å². The second-order valence-corrected chi connectivity index (χ2v) is 12.5. The summed E-state index contributed by atoms with van der Waals surface area (Å²) in [6, 6.07) is 0. The molecule has 0 aliphatic carbocycles. The van der Waals surface area contributed by atoms with E-state index in [1.165, 1.54) is 0 Å². The van der Waals surface area contributed by atoms with E-state index in [2.05, 4.69) is 11.8 Å². The molecule has 0 aromatic rings. The number of unbranched alkanes of at least 4 members (excludes halogenated alkanes) is 7. The van der Waals surface area contributed by atoms with Crippen molar-refractivity contribution in [3.05, 3.63) is 6.92 Å². The van der Waals surface area contributed by atoms with Crippen molar-refractivity contribution < 1.29 is 77.2 Å². The Morgan fingerprint density at radius 1 is 0.596 bits per heavy atom. The molecule has 8 nitrogen and oxygen atoms in total. The Balaban J connectivity index is 4.47. The largest absolute Gasteiger partial charge is 0.508 e. The van der Waals surface area contributed by atoms with Gasteiger partial charge in [-0.05, 0) is 71.4 Å². The van der Waals surface area contributed by atoms with E-state index < -0.39 is 61.4 Å². The monoisotopic (exact) mass is 780 g/mol. The van der Waals surface area contributed by atoms with Gasteiger partial charge in [0, 0.05) is 44.9 Å². The summed E-state index contributed by atoms with van der Waals surface area (Å²) in [5.41, 5.74) is 0.